The van der Waals surface area contributed by atoms with E-state index in [1.807, 2.05) is 6.07 Å². The summed E-state index contributed by atoms with van der Waals surface area (Å²) in [7, 11) is 0. The van der Waals surface area contributed by atoms with Crippen LogP contribution in [0.3, 0.4) is 0 Å². The second kappa shape index (κ2) is 10.1. The van der Waals surface area contributed by atoms with Gasteiger partial charge in [-0.1, -0.05) is 58.1 Å². The van der Waals surface area contributed by atoms with E-state index in [1.165, 1.54) is 6.42 Å². The molecule has 3 nitrogen and oxygen atoms in total. The Bertz CT molecular complexity index is 610. The number of para-hydroxylation sites is 1. The molecule has 1 aromatic rings. The van der Waals surface area contributed by atoms with Gasteiger partial charge in [0.15, 0.2) is 6.67 Å². The van der Waals surface area contributed by atoms with Gasteiger partial charge in [-0.05, 0) is 49.1 Å². The van der Waals surface area contributed by atoms with Crippen molar-refractivity contribution in [2.45, 2.75) is 70.1 Å². The summed E-state index contributed by atoms with van der Waals surface area (Å²) in [6.45, 7) is 3.37. The maximum atomic E-state index is 13.3. The Balaban J connectivity index is 2.20. The first kappa shape index (κ1) is 20.9. The average molecular weight is 380 g/mol. The number of rotatable bonds is 8. The van der Waals surface area contributed by atoms with Gasteiger partial charge in [-0.2, -0.15) is 0 Å². The number of halogens is 1. The van der Waals surface area contributed by atoms with Crippen molar-refractivity contribution in [3.05, 3.63) is 24.3 Å². The first-order valence-electron chi connectivity index (χ1n) is 9.71. The van der Waals surface area contributed by atoms with E-state index < -0.39 is 11.8 Å². The highest BCUT2D eigenvalue weighted by Crippen LogP contribution is 2.44. The molecule has 1 fully saturated rings. The standard InChI is InChI=1S/C21H30FNO2S/c1-3-16(4-2)14-21(12-8-5-9-13-21)20(25)23-17-10-6-7-11-18(17)26-19(24)15-22/h6-7,10-11,16H,3-5,8-9,12-15H2,1-2H3,(H,23,25). The van der Waals surface area contributed by atoms with Crippen LogP contribution in [0.2, 0.25) is 0 Å². The van der Waals surface area contributed by atoms with E-state index >= 15 is 0 Å². The van der Waals surface area contributed by atoms with Crippen LogP contribution in [-0.2, 0) is 9.59 Å². The fourth-order valence-corrected chi connectivity index (χ4v) is 4.62. The van der Waals surface area contributed by atoms with Gasteiger partial charge in [0.25, 0.3) is 0 Å². The number of amides is 1. The van der Waals surface area contributed by atoms with Crippen LogP contribution >= 0.6 is 11.8 Å². The molecule has 1 aliphatic carbocycles. The summed E-state index contributed by atoms with van der Waals surface area (Å²) in [5.74, 6) is 0.612. The van der Waals surface area contributed by atoms with E-state index in [-0.39, 0.29) is 11.3 Å². The second-order valence-electron chi connectivity index (χ2n) is 7.29. The van der Waals surface area contributed by atoms with Crippen LogP contribution in [0, 0.1) is 11.3 Å². The summed E-state index contributed by atoms with van der Waals surface area (Å²) in [6.07, 6.45) is 8.31. The van der Waals surface area contributed by atoms with Crippen LogP contribution in [-0.4, -0.2) is 17.7 Å². The lowest BCUT2D eigenvalue weighted by molar-refractivity contribution is -0.128. The summed E-state index contributed by atoms with van der Waals surface area (Å²) in [6, 6.07) is 7.17. The Morgan fingerprint density at radius 2 is 1.81 bits per heavy atom. The normalized spacial score (nSPS) is 16.5. The van der Waals surface area contributed by atoms with E-state index in [4.69, 9.17) is 0 Å². The first-order valence-corrected chi connectivity index (χ1v) is 10.5. The van der Waals surface area contributed by atoms with Gasteiger partial charge in [0.1, 0.15) is 0 Å². The number of carbonyl (C=O) groups is 2. The molecule has 0 aromatic heterocycles. The number of anilines is 1. The van der Waals surface area contributed by atoms with Crippen molar-refractivity contribution in [1.82, 2.24) is 0 Å². The van der Waals surface area contributed by atoms with Crippen molar-refractivity contribution < 1.29 is 14.0 Å². The third-order valence-corrected chi connectivity index (χ3v) is 6.51. The summed E-state index contributed by atoms with van der Waals surface area (Å²) < 4.78 is 12.6. The Morgan fingerprint density at radius 1 is 1.15 bits per heavy atom. The molecule has 26 heavy (non-hydrogen) atoms. The fourth-order valence-electron chi connectivity index (χ4n) is 3.95. The summed E-state index contributed by atoms with van der Waals surface area (Å²) >= 11 is 0.852. The first-order chi connectivity index (χ1) is 12.5. The Hall–Kier alpha value is -1.36. The molecule has 1 saturated carbocycles. The summed E-state index contributed by atoms with van der Waals surface area (Å²) in [5, 5.41) is 2.52. The molecule has 0 spiro atoms. The highest BCUT2D eigenvalue weighted by Gasteiger charge is 2.40. The molecule has 0 aliphatic heterocycles. The molecule has 1 amide bonds. The van der Waals surface area contributed by atoms with Gasteiger partial charge in [-0.25, -0.2) is 4.39 Å². The van der Waals surface area contributed by atoms with Gasteiger partial charge >= 0.3 is 0 Å². The minimum absolute atomic E-state index is 0.0600. The zero-order valence-corrected chi connectivity index (χ0v) is 16.7. The molecule has 1 N–H and O–H groups in total. The quantitative estimate of drug-likeness (QED) is 0.564. The van der Waals surface area contributed by atoms with Crippen LogP contribution in [0.15, 0.2) is 29.2 Å². The van der Waals surface area contributed by atoms with Crippen molar-refractivity contribution in [3.8, 4) is 0 Å². The largest absolute Gasteiger partial charge is 0.325 e. The number of thioether (sulfide) groups is 1. The molecule has 0 bridgehead atoms. The predicted octanol–water partition coefficient (Wildman–Crippen LogP) is 5.99. The lowest BCUT2D eigenvalue weighted by Crippen LogP contribution is -2.39. The molecule has 144 valence electrons. The molecule has 2 rings (SSSR count). The SMILES string of the molecule is CCC(CC)CC1(C(=O)Nc2ccccc2SC(=O)CF)CCCCC1. The van der Waals surface area contributed by atoms with Crippen molar-refractivity contribution >= 4 is 28.5 Å². The number of benzene rings is 1. The second-order valence-corrected chi connectivity index (χ2v) is 8.38. The van der Waals surface area contributed by atoms with Crippen molar-refractivity contribution in [3.63, 3.8) is 0 Å². The zero-order valence-electron chi connectivity index (χ0n) is 15.9. The van der Waals surface area contributed by atoms with Gasteiger partial charge < -0.3 is 5.32 Å². The van der Waals surface area contributed by atoms with Crippen LogP contribution in [0.5, 0.6) is 0 Å². The number of hydrogen-bond acceptors (Lipinski definition) is 3. The molecular weight excluding hydrogens is 349 g/mol. The van der Waals surface area contributed by atoms with Crippen LogP contribution < -0.4 is 5.32 Å². The molecule has 1 aromatic carbocycles. The molecule has 5 heteroatoms. The van der Waals surface area contributed by atoms with Crippen LogP contribution in [0.25, 0.3) is 0 Å². The van der Waals surface area contributed by atoms with E-state index in [0.717, 1.165) is 56.7 Å². The van der Waals surface area contributed by atoms with Crippen molar-refractivity contribution in [2.75, 3.05) is 12.0 Å². The van der Waals surface area contributed by atoms with Crippen LogP contribution in [0.4, 0.5) is 10.1 Å². The highest BCUT2D eigenvalue weighted by molar-refractivity contribution is 8.13. The predicted molar refractivity (Wildman–Crippen MR) is 106 cm³/mol. The van der Waals surface area contributed by atoms with Crippen LogP contribution in [0.1, 0.15) is 65.2 Å². The molecule has 0 atom stereocenters. The minimum Gasteiger partial charge on any atom is -0.325 e. The van der Waals surface area contributed by atoms with Gasteiger partial charge in [-0.15, -0.1) is 0 Å². The molecule has 0 saturated heterocycles. The number of hydrogen-bond donors (Lipinski definition) is 1. The monoisotopic (exact) mass is 379 g/mol. The molecule has 1 aliphatic rings. The Morgan fingerprint density at radius 3 is 2.42 bits per heavy atom. The molecule has 0 unspecified atom stereocenters. The van der Waals surface area contributed by atoms with E-state index in [9.17, 15) is 14.0 Å². The number of nitrogens with one attached hydrogen (secondary N) is 1. The van der Waals surface area contributed by atoms with Crippen molar-refractivity contribution in [1.29, 1.82) is 0 Å². The maximum absolute atomic E-state index is 13.3. The number of alkyl halides is 1. The highest BCUT2D eigenvalue weighted by atomic mass is 32.2. The smallest absolute Gasteiger partial charge is 0.230 e. The average Bonchev–Trinajstić information content (AvgIpc) is 2.68. The Labute approximate surface area is 160 Å². The van der Waals surface area contributed by atoms with E-state index in [2.05, 4.69) is 19.2 Å². The van der Waals surface area contributed by atoms with Gasteiger partial charge in [0.2, 0.25) is 11.0 Å². The lowest BCUT2D eigenvalue weighted by Gasteiger charge is -2.38. The fraction of sp³-hybridized carbons (Fsp3) is 0.619. The third kappa shape index (κ3) is 5.32. The molecule has 0 radical (unpaired) electrons. The third-order valence-electron chi connectivity index (χ3n) is 5.59. The zero-order chi connectivity index (χ0) is 19.0. The van der Waals surface area contributed by atoms with Gasteiger partial charge in [-0.3, -0.25) is 9.59 Å². The summed E-state index contributed by atoms with van der Waals surface area (Å²) in [5.41, 5.74) is 0.287. The van der Waals surface area contributed by atoms with Gasteiger partial charge in [0, 0.05) is 10.3 Å². The lowest BCUT2D eigenvalue weighted by atomic mass is 9.67. The maximum Gasteiger partial charge on any atom is 0.230 e. The minimum atomic E-state index is -1.01. The van der Waals surface area contributed by atoms with E-state index in [1.54, 1.807) is 18.2 Å². The summed E-state index contributed by atoms with van der Waals surface area (Å²) in [4.78, 5) is 25.4. The van der Waals surface area contributed by atoms with E-state index in [0.29, 0.717) is 16.5 Å². The topological polar surface area (TPSA) is 46.2 Å². The molecular formula is C21H30FNO2S. The molecule has 0 heterocycles. The van der Waals surface area contributed by atoms with Gasteiger partial charge in [0.05, 0.1) is 5.69 Å². The number of carbonyl (C=O) groups excluding carboxylic acids is 2. The van der Waals surface area contributed by atoms with Crippen molar-refractivity contribution in [2.24, 2.45) is 11.3 Å². The Kier molecular flexibility index (Phi) is 8.14.